The monoisotopic (exact) mass is 276 g/mol. The van der Waals surface area contributed by atoms with Gasteiger partial charge in [-0.25, -0.2) is 4.98 Å². The molecular weight excluding hydrogens is 260 g/mol. The molecular formula is C18H16N2O. The van der Waals surface area contributed by atoms with E-state index in [-0.39, 0.29) is 0 Å². The molecule has 0 saturated carbocycles. The summed E-state index contributed by atoms with van der Waals surface area (Å²) in [6.45, 7) is 6.15. The molecule has 0 fully saturated rings. The van der Waals surface area contributed by atoms with Gasteiger partial charge < -0.3 is 4.42 Å². The molecule has 0 saturated heterocycles. The predicted molar refractivity (Wildman–Crippen MR) is 85.1 cm³/mol. The van der Waals surface area contributed by atoms with E-state index in [9.17, 15) is 0 Å². The highest BCUT2D eigenvalue weighted by molar-refractivity contribution is 6.05. The van der Waals surface area contributed by atoms with Gasteiger partial charge in [0.25, 0.3) is 0 Å². The van der Waals surface area contributed by atoms with E-state index in [0.29, 0.717) is 5.89 Å². The van der Waals surface area contributed by atoms with Crippen LogP contribution in [-0.2, 0) is 0 Å². The van der Waals surface area contributed by atoms with E-state index < -0.39 is 0 Å². The first kappa shape index (κ1) is 12.2. The highest BCUT2D eigenvalue weighted by Gasteiger charge is 2.19. The van der Waals surface area contributed by atoms with Crippen molar-refractivity contribution in [2.45, 2.75) is 20.8 Å². The number of aryl methyl sites for hydroxylation is 3. The molecule has 104 valence electrons. The Bertz CT molecular complexity index is 955. The fraction of sp³-hybridized carbons (Fsp3) is 0.167. The molecule has 0 aliphatic carbocycles. The van der Waals surface area contributed by atoms with Crippen LogP contribution in [0.1, 0.15) is 17.0 Å². The average molecular weight is 276 g/mol. The molecule has 3 nitrogen and oxygen atoms in total. The van der Waals surface area contributed by atoms with Gasteiger partial charge in [0.15, 0.2) is 5.89 Å². The first-order valence-electron chi connectivity index (χ1n) is 7.10. The molecule has 0 atom stereocenters. The SMILES string of the molecule is Cc1nc2c3ccccc3n(-c3c(C)cccc3C)c2o1. The highest BCUT2D eigenvalue weighted by atomic mass is 16.4. The molecule has 21 heavy (non-hydrogen) atoms. The molecule has 2 heterocycles. The molecule has 0 amide bonds. The maximum atomic E-state index is 5.90. The van der Waals surface area contributed by atoms with Gasteiger partial charge in [-0.2, -0.15) is 0 Å². The number of nitrogens with zero attached hydrogens (tertiary/aromatic N) is 2. The third-order valence-corrected chi connectivity index (χ3v) is 3.98. The molecule has 0 spiro atoms. The van der Waals surface area contributed by atoms with Gasteiger partial charge in [-0.1, -0.05) is 36.4 Å². The summed E-state index contributed by atoms with van der Waals surface area (Å²) in [5, 5.41) is 1.13. The van der Waals surface area contributed by atoms with Crippen molar-refractivity contribution in [3.63, 3.8) is 0 Å². The number of hydrogen-bond donors (Lipinski definition) is 0. The lowest BCUT2D eigenvalue weighted by Crippen LogP contribution is -1.99. The second kappa shape index (κ2) is 4.22. The van der Waals surface area contributed by atoms with Crippen LogP contribution in [0.3, 0.4) is 0 Å². The molecule has 0 bridgehead atoms. The summed E-state index contributed by atoms with van der Waals surface area (Å²) in [6, 6.07) is 14.7. The zero-order valence-corrected chi connectivity index (χ0v) is 12.3. The summed E-state index contributed by atoms with van der Waals surface area (Å²) in [4.78, 5) is 4.56. The van der Waals surface area contributed by atoms with Gasteiger partial charge in [-0.15, -0.1) is 0 Å². The lowest BCUT2D eigenvalue weighted by molar-refractivity contribution is 0.545. The number of para-hydroxylation sites is 2. The first-order chi connectivity index (χ1) is 10.2. The van der Waals surface area contributed by atoms with Gasteiger partial charge in [0.2, 0.25) is 5.71 Å². The van der Waals surface area contributed by atoms with Crippen LogP contribution in [-0.4, -0.2) is 9.55 Å². The maximum absolute atomic E-state index is 5.90. The predicted octanol–water partition coefficient (Wildman–Crippen LogP) is 4.70. The van der Waals surface area contributed by atoms with Gasteiger partial charge in [0, 0.05) is 12.3 Å². The Labute approximate surface area is 122 Å². The number of aromatic nitrogens is 2. The van der Waals surface area contributed by atoms with Crippen molar-refractivity contribution < 1.29 is 4.42 Å². The van der Waals surface area contributed by atoms with E-state index in [2.05, 4.69) is 59.8 Å². The zero-order chi connectivity index (χ0) is 14.6. The Hall–Kier alpha value is -2.55. The van der Waals surface area contributed by atoms with Gasteiger partial charge in [-0.3, -0.25) is 4.57 Å². The zero-order valence-electron chi connectivity index (χ0n) is 12.3. The van der Waals surface area contributed by atoms with Gasteiger partial charge >= 0.3 is 0 Å². The molecule has 0 N–H and O–H groups in total. The third kappa shape index (κ3) is 1.64. The summed E-state index contributed by atoms with van der Waals surface area (Å²) < 4.78 is 8.09. The minimum atomic E-state index is 0.700. The number of rotatable bonds is 1. The Kier molecular flexibility index (Phi) is 2.45. The van der Waals surface area contributed by atoms with Crippen molar-refractivity contribution in [2.75, 3.05) is 0 Å². The second-order valence-electron chi connectivity index (χ2n) is 5.48. The Balaban J connectivity index is 2.25. The topological polar surface area (TPSA) is 31.0 Å². The van der Waals surface area contributed by atoms with Crippen LogP contribution < -0.4 is 0 Å². The molecule has 0 unspecified atom stereocenters. The fourth-order valence-corrected chi connectivity index (χ4v) is 3.10. The third-order valence-electron chi connectivity index (χ3n) is 3.98. The second-order valence-corrected chi connectivity index (χ2v) is 5.48. The van der Waals surface area contributed by atoms with Gasteiger partial charge in [0.05, 0.1) is 11.2 Å². The van der Waals surface area contributed by atoms with Crippen LogP contribution in [0.25, 0.3) is 27.8 Å². The van der Waals surface area contributed by atoms with Crippen LogP contribution >= 0.6 is 0 Å². The molecule has 0 aliphatic heterocycles. The number of fused-ring (bicyclic) bond motifs is 3. The van der Waals surface area contributed by atoms with Crippen LogP contribution in [0.5, 0.6) is 0 Å². The standard InChI is InChI=1S/C18H16N2O/c1-11-7-6-8-12(2)17(11)20-15-10-5-4-9-14(15)16-18(20)21-13(3)19-16/h4-10H,1-3H3. The minimum Gasteiger partial charge on any atom is -0.424 e. The van der Waals surface area contributed by atoms with Crippen molar-refractivity contribution in [3.05, 3.63) is 59.5 Å². The van der Waals surface area contributed by atoms with E-state index in [0.717, 1.165) is 22.1 Å². The van der Waals surface area contributed by atoms with E-state index in [1.165, 1.54) is 16.8 Å². The Morgan fingerprint density at radius 2 is 1.62 bits per heavy atom. The largest absolute Gasteiger partial charge is 0.424 e. The Morgan fingerprint density at radius 3 is 2.38 bits per heavy atom. The summed E-state index contributed by atoms with van der Waals surface area (Å²) in [5.41, 5.74) is 6.53. The normalized spacial score (nSPS) is 11.6. The van der Waals surface area contributed by atoms with Crippen LogP contribution in [0.2, 0.25) is 0 Å². The average Bonchev–Trinajstić information content (AvgIpc) is 2.96. The van der Waals surface area contributed by atoms with Crippen LogP contribution in [0.4, 0.5) is 0 Å². The minimum absolute atomic E-state index is 0.700. The van der Waals surface area contributed by atoms with Crippen molar-refractivity contribution in [1.29, 1.82) is 0 Å². The number of oxazole rings is 1. The van der Waals surface area contributed by atoms with Gasteiger partial charge in [0.1, 0.15) is 5.52 Å². The fourth-order valence-electron chi connectivity index (χ4n) is 3.10. The molecule has 4 rings (SSSR count). The summed E-state index contributed by atoms with van der Waals surface area (Å²) in [6.07, 6.45) is 0. The van der Waals surface area contributed by atoms with Crippen molar-refractivity contribution in [1.82, 2.24) is 9.55 Å². The lowest BCUT2D eigenvalue weighted by Gasteiger charge is -2.12. The van der Waals surface area contributed by atoms with Crippen molar-refractivity contribution >= 4 is 22.1 Å². The van der Waals surface area contributed by atoms with E-state index in [4.69, 9.17) is 4.42 Å². The molecule has 2 aromatic heterocycles. The van der Waals surface area contributed by atoms with Gasteiger partial charge in [-0.05, 0) is 31.0 Å². The molecule has 0 radical (unpaired) electrons. The Morgan fingerprint density at radius 1 is 0.905 bits per heavy atom. The highest BCUT2D eigenvalue weighted by Crippen LogP contribution is 2.34. The van der Waals surface area contributed by atoms with E-state index >= 15 is 0 Å². The molecule has 0 aliphatic rings. The summed E-state index contributed by atoms with van der Waals surface area (Å²) in [7, 11) is 0. The smallest absolute Gasteiger partial charge is 0.233 e. The van der Waals surface area contributed by atoms with Crippen molar-refractivity contribution in [2.24, 2.45) is 0 Å². The van der Waals surface area contributed by atoms with E-state index in [1.807, 2.05) is 13.0 Å². The number of hydrogen-bond acceptors (Lipinski definition) is 2. The summed E-state index contributed by atoms with van der Waals surface area (Å²) >= 11 is 0. The molecule has 2 aromatic carbocycles. The molecule has 4 aromatic rings. The van der Waals surface area contributed by atoms with Crippen LogP contribution in [0, 0.1) is 20.8 Å². The molecule has 3 heteroatoms. The number of benzene rings is 2. The first-order valence-corrected chi connectivity index (χ1v) is 7.10. The van der Waals surface area contributed by atoms with E-state index in [1.54, 1.807) is 0 Å². The quantitative estimate of drug-likeness (QED) is 0.504. The van der Waals surface area contributed by atoms with Crippen molar-refractivity contribution in [3.8, 4) is 5.69 Å². The summed E-state index contributed by atoms with van der Waals surface area (Å²) in [5.74, 6) is 0.700. The lowest BCUT2D eigenvalue weighted by atomic mass is 10.1. The maximum Gasteiger partial charge on any atom is 0.233 e. The van der Waals surface area contributed by atoms with Crippen LogP contribution in [0.15, 0.2) is 46.9 Å².